The lowest BCUT2D eigenvalue weighted by Gasteiger charge is -2.33. The van der Waals surface area contributed by atoms with Crippen LogP contribution in [-0.4, -0.2) is 39.2 Å². The van der Waals surface area contributed by atoms with Crippen LogP contribution in [0.1, 0.15) is 62.5 Å². The number of imidazole rings is 1. The molecular formula is C24H33F2N3O2S. The van der Waals surface area contributed by atoms with Crippen LogP contribution in [0.4, 0.5) is 8.78 Å². The zero-order valence-corrected chi connectivity index (χ0v) is 20.4. The van der Waals surface area contributed by atoms with E-state index >= 15 is 0 Å². The average Bonchev–Trinajstić information content (AvgIpc) is 3.53. The first-order valence-electron chi connectivity index (χ1n) is 11.6. The molecule has 32 heavy (non-hydrogen) atoms. The number of aryl methyl sites for hydroxylation is 1. The Morgan fingerprint density at radius 3 is 2.47 bits per heavy atom. The Morgan fingerprint density at radius 1 is 1.09 bits per heavy atom. The van der Waals surface area contributed by atoms with Gasteiger partial charge in [0.15, 0.2) is 4.77 Å². The van der Waals surface area contributed by atoms with Crippen molar-refractivity contribution in [2.45, 2.75) is 79.1 Å². The summed E-state index contributed by atoms with van der Waals surface area (Å²) in [6, 6.07) is 2.88. The fourth-order valence-electron chi connectivity index (χ4n) is 4.78. The molecule has 176 valence electrons. The maximum absolute atomic E-state index is 14.6. The second kappa shape index (κ2) is 10.3. The van der Waals surface area contributed by atoms with Gasteiger partial charge in [0.25, 0.3) is 0 Å². The van der Waals surface area contributed by atoms with Crippen LogP contribution in [0.15, 0.2) is 12.1 Å². The normalized spacial score (nSPS) is 21.3. The summed E-state index contributed by atoms with van der Waals surface area (Å²) in [5, 5.41) is 0. The molecule has 2 aromatic rings. The van der Waals surface area contributed by atoms with Gasteiger partial charge >= 0.3 is 0 Å². The van der Waals surface area contributed by atoms with E-state index in [2.05, 4.69) is 0 Å². The molecule has 0 spiro atoms. The summed E-state index contributed by atoms with van der Waals surface area (Å²) in [4.78, 5) is 14.6. The van der Waals surface area contributed by atoms with Gasteiger partial charge < -0.3 is 18.8 Å². The van der Waals surface area contributed by atoms with E-state index in [1.54, 1.807) is 6.92 Å². The van der Waals surface area contributed by atoms with Gasteiger partial charge in [0.05, 0.1) is 24.8 Å². The Kier molecular flexibility index (Phi) is 7.88. The maximum Gasteiger partial charge on any atom is 0.230 e. The second-order valence-electron chi connectivity index (χ2n) is 7.91. The first-order valence-corrected chi connectivity index (χ1v) is 12.0. The van der Waals surface area contributed by atoms with E-state index in [4.69, 9.17) is 17.0 Å². The number of amides is 1. The smallest absolute Gasteiger partial charge is 0.230 e. The summed E-state index contributed by atoms with van der Waals surface area (Å²) in [6.45, 7) is 11.7. The van der Waals surface area contributed by atoms with Crippen molar-refractivity contribution in [3.05, 3.63) is 51.1 Å². The summed E-state index contributed by atoms with van der Waals surface area (Å²) in [6.07, 6.45) is 1.60. The largest absolute Gasteiger partial charge is 0.379 e. The highest BCUT2D eigenvalue weighted by molar-refractivity contribution is 7.71. The number of fused-ring (bicyclic) bond motifs is 3. The molecule has 1 aromatic carbocycles. The van der Waals surface area contributed by atoms with Crippen LogP contribution in [0, 0.1) is 23.3 Å². The molecule has 1 aromatic heterocycles. The van der Waals surface area contributed by atoms with Crippen molar-refractivity contribution in [3.63, 3.8) is 0 Å². The first-order chi connectivity index (χ1) is 15.5. The predicted octanol–water partition coefficient (Wildman–Crippen LogP) is 5.13. The molecular weight excluding hydrogens is 432 g/mol. The van der Waals surface area contributed by atoms with E-state index in [1.807, 2.05) is 41.7 Å². The highest BCUT2D eigenvalue weighted by Crippen LogP contribution is 2.37. The number of carbonyl (C=O) groups is 1. The summed E-state index contributed by atoms with van der Waals surface area (Å²) in [5.41, 5.74) is 2.39. The van der Waals surface area contributed by atoms with Crippen molar-refractivity contribution in [1.82, 2.24) is 14.0 Å². The van der Waals surface area contributed by atoms with Gasteiger partial charge in [0.2, 0.25) is 5.91 Å². The van der Waals surface area contributed by atoms with Crippen LogP contribution in [0.3, 0.4) is 0 Å². The number of hydrogen-bond donors (Lipinski definition) is 0. The summed E-state index contributed by atoms with van der Waals surface area (Å²) < 4.78 is 39.0. The first kappa shape index (κ1) is 24.6. The molecule has 0 bridgehead atoms. The Balaban J connectivity index is 0.000000686. The van der Waals surface area contributed by atoms with E-state index in [0.717, 1.165) is 17.8 Å². The van der Waals surface area contributed by atoms with Crippen LogP contribution in [-0.2, 0) is 35.6 Å². The van der Waals surface area contributed by atoms with Crippen molar-refractivity contribution >= 4 is 18.1 Å². The fourth-order valence-corrected chi connectivity index (χ4v) is 5.13. The Labute approximate surface area is 194 Å². The lowest BCUT2D eigenvalue weighted by atomic mass is 9.93. The minimum atomic E-state index is -0.519. The lowest BCUT2D eigenvalue weighted by Crippen LogP contribution is -2.46. The molecule has 3 aliphatic heterocycles. The van der Waals surface area contributed by atoms with Crippen molar-refractivity contribution in [3.8, 4) is 0 Å². The molecule has 0 N–H and O–H groups in total. The molecule has 0 radical (unpaired) electrons. The third kappa shape index (κ3) is 4.15. The number of rotatable bonds is 2. The number of nitrogens with zero attached hydrogens (tertiary/aromatic N) is 3. The Bertz CT molecular complexity index is 1040. The van der Waals surface area contributed by atoms with Gasteiger partial charge in [-0.15, -0.1) is 0 Å². The zero-order valence-electron chi connectivity index (χ0n) is 19.6. The molecule has 5 rings (SSSR count). The number of halogens is 2. The van der Waals surface area contributed by atoms with Gasteiger partial charge in [-0.05, 0) is 43.6 Å². The van der Waals surface area contributed by atoms with E-state index < -0.39 is 11.6 Å². The highest BCUT2D eigenvalue weighted by Gasteiger charge is 2.38. The van der Waals surface area contributed by atoms with Crippen LogP contribution >= 0.6 is 12.2 Å². The van der Waals surface area contributed by atoms with Gasteiger partial charge in [0.1, 0.15) is 18.3 Å². The molecule has 8 heteroatoms. The quantitative estimate of drug-likeness (QED) is 0.578. The maximum atomic E-state index is 14.6. The summed E-state index contributed by atoms with van der Waals surface area (Å²) in [5.74, 6) is -1.24. The van der Waals surface area contributed by atoms with Crippen LogP contribution in [0.2, 0.25) is 0 Å². The van der Waals surface area contributed by atoms with Crippen molar-refractivity contribution in [1.29, 1.82) is 0 Å². The Morgan fingerprint density at radius 2 is 1.81 bits per heavy atom. The standard InChI is InChI=1S/C20H21F2N3O2S.2C2H6/c1-11-2-3-14(21)18(19(11)22)12-6-15-16-7-17(26)24(13-4-5-27-9-13)10-25(16)20(28)23(15)8-12;2*1-2/h2-3,12-13H,4-10H2,1H3;2*1-2H3/t12-,13-;;/m1../s1. The third-order valence-electron chi connectivity index (χ3n) is 6.30. The third-order valence-corrected chi connectivity index (χ3v) is 6.74. The number of benzene rings is 1. The van der Waals surface area contributed by atoms with E-state index in [-0.39, 0.29) is 29.9 Å². The number of carbonyl (C=O) groups excluding carboxylic acids is 1. The van der Waals surface area contributed by atoms with Gasteiger partial charge in [0, 0.05) is 30.3 Å². The minimum Gasteiger partial charge on any atom is -0.379 e. The molecule has 2 atom stereocenters. The van der Waals surface area contributed by atoms with Crippen molar-refractivity contribution < 1.29 is 18.3 Å². The fraction of sp³-hybridized carbons (Fsp3) is 0.583. The SMILES string of the molecule is CC.CC.Cc1ccc(F)c([C@@H]2Cc3c4n(c(=S)n3C2)CN([C@@H]2CCOC2)C(=O)C4)c1F. The average molecular weight is 466 g/mol. The predicted molar refractivity (Wildman–Crippen MR) is 123 cm³/mol. The zero-order chi connectivity index (χ0) is 23.6. The number of aromatic nitrogens is 2. The summed E-state index contributed by atoms with van der Waals surface area (Å²) in [7, 11) is 0. The van der Waals surface area contributed by atoms with Gasteiger partial charge in [-0.3, -0.25) is 4.79 Å². The van der Waals surface area contributed by atoms with Crippen LogP contribution in [0.5, 0.6) is 0 Å². The number of hydrogen-bond acceptors (Lipinski definition) is 3. The van der Waals surface area contributed by atoms with Gasteiger partial charge in [-0.2, -0.15) is 0 Å². The second-order valence-corrected chi connectivity index (χ2v) is 8.27. The molecule has 1 fully saturated rings. The highest BCUT2D eigenvalue weighted by atomic mass is 32.1. The molecule has 5 nitrogen and oxygen atoms in total. The monoisotopic (exact) mass is 465 g/mol. The van der Waals surface area contributed by atoms with Crippen LogP contribution in [0.25, 0.3) is 0 Å². The van der Waals surface area contributed by atoms with Gasteiger partial charge in [-0.1, -0.05) is 33.8 Å². The number of ether oxygens (including phenoxy) is 1. The molecule has 4 heterocycles. The van der Waals surface area contributed by atoms with Gasteiger partial charge in [-0.25, -0.2) is 8.78 Å². The summed E-state index contributed by atoms with van der Waals surface area (Å²) >= 11 is 5.67. The molecule has 1 amide bonds. The molecule has 0 unspecified atom stereocenters. The van der Waals surface area contributed by atoms with E-state index in [9.17, 15) is 13.6 Å². The van der Waals surface area contributed by atoms with E-state index in [0.29, 0.717) is 43.2 Å². The molecule has 0 aliphatic carbocycles. The lowest BCUT2D eigenvalue weighted by molar-refractivity contribution is -0.136. The molecule has 1 saturated heterocycles. The van der Waals surface area contributed by atoms with Crippen molar-refractivity contribution in [2.24, 2.45) is 0 Å². The topological polar surface area (TPSA) is 39.4 Å². The van der Waals surface area contributed by atoms with Crippen molar-refractivity contribution in [2.75, 3.05) is 13.2 Å². The molecule has 3 aliphatic rings. The van der Waals surface area contributed by atoms with E-state index in [1.165, 1.54) is 12.1 Å². The van der Waals surface area contributed by atoms with Crippen LogP contribution < -0.4 is 0 Å². The minimum absolute atomic E-state index is 0.0651. The Hall–Kier alpha value is -2.06. The molecule has 0 saturated carbocycles.